The van der Waals surface area contributed by atoms with Gasteiger partial charge in [0.1, 0.15) is 11.5 Å². The van der Waals surface area contributed by atoms with E-state index in [2.05, 4.69) is 20.4 Å². The molecule has 0 aliphatic carbocycles. The van der Waals surface area contributed by atoms with Crippen LogP contribution in [0.3, 0.4) is 0 Å². The summed E-state index contributed by atoms with van der Waals surface area (Å²) in [4.78, 5) is 32.0. The summed E-state index contributed by atoms with van der Waals surface area (Å²) in [7, 11) is 2.94. The van der Waals surface area contributed by atoms with Gasteiger partial charge in [-0.15, -0.1) is 0 Å². The number of aryl methyl sites for hydroxylation is 1. The highest BCUT2D eigenvalue weighted by molar-refractivity contribution is 6.06. The second-order valence-electron chi connectivity index (χ2n) is 6.51. The van der Waals surface area contributed by atoms with Gasteiger partial charge in [-0.1, -0.05) is 6.07 Å². The summed E-state index contributed by atoms with van der Waals surface area (Å²) < 4.78 is 17.4. The Labute approximate surface area is 176 Å². The second kappa shape index (κ2) is 8.19. The topological polar surface area (TPSA) is 124 Å². The first kappa shape index (κ1) is 20.0. The molecule has 3 aromatic heterocycles. The summed E-state index contributed by atoms with van der Waals surface area (Å²) in [6.07, 6.45) is 1.51. The molecule has 158 valence electrons. The monoisotopic (exact) mass is 421 g/mol. The fraction of sp³-hybridized carbons (Fsp3) is 0.143. The number of carbonyl (C=O) groups excluding carboxylic acids is 1. The van der Waals surface area contributed by atoms with Crippen LogP contribution in [0.15, 0.2) is 57.9 Å². The van der Waals surface area contributed by atoms with Crippen LogP contribution in [0.4, 0.5) is 5.82 Å². The maximum Gasteiger partial charge on any atom is 0.260 e. The molecule has 3 heterocycles. The molecule has 0 saturated heterocycles. The molecule has 2 N–H and O–H groups in total. The van der Waals surface area contributed by atoms with Crippen molar-refractivity contribution in [3.05, 3.63) is 70.3 Å². The van der Waals surface area contributed by atoms with Crippen molar-refractivity contribution in [2.24, 2.45) is 0 Å². The number of hydrogen-bond donors (Lipinski definition) is 2. The molecule has 0 saturated carbocycles. The zero-order valence-corrected chi connectivity index (χ0v) is 17.0. The molecule has 0 radical (unpaired) electrons. The van der Waals surface area contributed by atoms with E-state index >= 15 is 0 Å². The van der Waals surface area contributed by atoms with Crippen LogP contribution in [-0.2, 0) is 0 Å². The normalized spacial score (nSPS) is 10.7. The number of anilines is 1. The molecule has 10 nitrogen and oxygen atoms in total. The molecule has 0 bridgehead atoms. The molecule has 4 rings (SSSR count). The fourth-order valence-electron chi connectivity index (χ4n) is 3.09. The lowest BCUT2D eigenvalue weighted by Crippen LogP contribution is -2.19. The Balaban J connectivity index is 1.79. The van der Waals surface area contributed by atoms with E-state index in [9.17, 15) is 9.59 Å². The van der Waals surface area contributed by atoms with E-state index in [0.29, 0.717) is 28.6 Å². The van der Waals surface area contributed by atoms with Crippen LogP contribution in [0.5, 0.6) is 11.5 Å². The number of nitrogens with one attached hydrogen (secondary N) is 2. The first-order valence-electron chi connectivity index (χ1n) is 9.24. The maximum atomic E-state index is 13.1. The highest BCUT2D eigenvalue weighted by Gasteiger charge is 2.21. The van der Waals surface area contributed by atoms with E-state index in [4.69, 9.17) is 13.9 Å². The standard InChI is InChI=1S/C21H19N5O5/c1-12-10-18(27)24-21(22-12)26-17(11-14(25-26)15-8-5-9-31-15)23-20(28)13-6-4-7-16(29-2)19(13)30-3/h4-11H,1-3H3,(H,23,28)(H,22,24,27). The van der Waals surface area contributed by atoms with Gasteiger partial charge in [0.25, 0.3) is 11.5 Å². The van der Waals surface area contributed by atoms with E-state index in [-0.39, 0.29) is 22.9 Å². The number of para-hydroxylation sites is 1. The SMILES string of the molecule is COc1cccc(C(=O)Nc2cc(-c3ccco3)nn2-c2nc(C)cc(=O)[nH]2)c1OC. The Bertz CT molecular complexity index is 1290. The molecule has 0 spiro atoms. The molecule has 1 aromatic carbocycles. The number of aromatic nitrogens is 4. The van der Waals surface area contributed by atoms with E-state index in [1.54, 1.807) is 43.3 Å². The zero-order valence-electron chi connectivity index (χ0n) is 17.0. The summed E-state index contributed by atoms with van der Waals surface area (Å²) in [5, 5.41) is 7.24. The molecule has 0 atom stereocenters. The van der Waals surface area contributed by atoms with Crippen molar-refractivity contribution in [1.82, 2.24) is 19.7 Å². The van der Waals surface area contributed by atoms with Crippen LogP contribution in [0.2, 0.25) is 0 Å². The number of ether oxygens (including phenoxy) is 2. The van der Waals surface area contributed by atoms with Crippen LogP contribution < -0.4 is 20.3 Å². The largest absolute Gasteiger partial charge is 0.493 e. The molecule has 1 amide bonds. The third kappa shape index (κ3) is 3.90. The summed E-state index contributed by atoms with van der Waals surface area (Å²) in [6, 6.07) is 11.4. The van der Waals surface area contributed by atoms with Crippen LogP contribution in [-0.4, -0.2) is 39.9 Å². The Hall–Kier alpha value is -4.34. The number of aromatic amines is 1. The van der Waals surface area contributed by atoms with Gasteiger partial charge in [-0.3, -0.25) is 14.6 Å². The Morgan fingerprint density at radius 3 is 2.68 bits per heavy atom. The van der Waals surface area contributed by atoms with Crippen LogP contribution in [0.25, 0.3) is 17.4 Å². The number of benzene rings is 1. The molecular weight excluding hydrogens is 402 g/mol. The van der Waals surface area contributed by atoms with Crippen molar-refractivity contribution in [2.45, 2.75) is 6.92 Å². The minimum atomic E-state index is -0.460. The van der Waals surface area contributed by atoms with Gasteiger partial charge in [0.15, 0.2) is 17.3 Å². The van der Waals surface area contributed by atoms with Crippen molar-refractivity contribution in [1.29, 1.82) is 0 Å². The lowest BCUT2D eigenvalue weighted by molar-refractivity contribution is 0.102. The average molecular weight is 421 g/mol. The molecule has 10 heteroatoms. The summed E-state index contributed by atoms with van der Waals surface area (Å²) in [5.74, 6) is 1.17. The van der Waals surface area contributed by atoms with Crippen LogP contribution in [0.1, 0.15) is 16.1 Å². The zero-order chi connectivity index (χ0) is 22.0. The highest BCUT2D eigenvalue weighted by Crippen LogP contribution is 2.32. The van der Waals surface area contributed by atoms with Crippen molar-refractivity contribution in [2.75, 3.05) is 19.5 Å². The van der Waals surface area contributed by atoms with Crippen molar-refractivity contribution in [3.8, 4) is 28.9 Å². The number of rotatable bonds is 6. The molecule has 31 heavy (non-hydrogen) atoms. The van der Waals surface area contributed by atoms with E-state index < -0.39 is 5.91 Å². The highest BCUT2D eigenvalue weighted by atomic mass is 16.5. The molecule has 0 unspecified atom stereocenters. The van der Waals surface area contributed by atoms with Crippen molar-refractivity contribution >= 4 is 11.7 Å². The summed E-state index contributed by atoms with van der Waals surface area (Å²) >= 11 is 0. The van der Waals surface area contributed by atoms with Gasteiger partial charge in [-0.05, 0) is 31.2 Å². The number of carbonyl (C=O) groups is 1. The predicted molar refractivity (Wildman–Crippen MR) is 112 cm³/mol. The smallest absolute Gasteiger partial charge is 0.260 e. The molecule has 0 fully saturated rings. The summed E-state index contributed by atoms with van der Waals surface area (Å²) in [6.45, 7) is 1.69. The second-order valence-corrected chi connectivity index (χ2v) is 6.51. The van der Waals surface area contributed by atoms with Gasteiger partial charge in [0, 0.05) is 17.8 Å². The first-order valence-corrected chi connectivity index (χ1v) is 9.24. The summed E-state index contributed by atoms with van der Waals surface area (Å²) in [5.41, 5.74) is 0.867. The predicted octanol–water partition coefficient (Wildman–Crippen LogP) is 2.79. The average Bonchev–Trinajstić information content (AvgIpc) is 3.42. The molecule has 0 aliphatic rings. The molecular formula is C21H19N5O5. The van der Waals surface area contributed by atoms with Gasteiger partial charge in [0.05, 0.1) is 26.0 Å². The maximum absolute atomic E-state index is 13.1. The number of H-pyrrole nitrogens is 1. The number of nitrogens with zero attached hydrogens (tertiary/aromatic N) is 3. The van der Waals surface area contributed by atoms with Crippen molar-refractivity contribution < 1.29 is 18.7 Å². The Morgan fingerprint density at radius 1 is 1.16 bits per heavy atom. The third-order valence-corrected chi connectivity index (χ3v) is 4.43. The van der Waals surface area contributed by atoms with E-state index in [1.807, 2.05) is 0 Å². The molecule has 4 aromatic rings. The Morgan fingerprint density at radius 2 is 2.00 bits per heavy atom. The van der Waals surface area contributed by atoms with Gasteiger partial charge in [-0.25, -0.2) is 4.98 Å². The van der Waals surface area contributed by atoms with Crippen molar-refractivity contribution in [3.63, 3.8) is 0 Å². The van der Waals surface area contributed by atoms with Crippen LogP contribution in [0, 0.1) is 6.92 Å². The number of amides is 1. The Kier molecular flexibility index (Phi) is 5.27. The molecule has 0 aliphatic heterocycles. The third-order valence-electron chi connectivity index (χ3n) is 4.43. The number of furan rings is 1. The van der Waals surface area contributed by atoms with Gasteiger partial charge < -0.3 is 19.2 Å². The van der Waals surface area contributed by atoms with Gasteiger partial charge in [0.2, 0.25) is 5.95 Å². The minimum absolute atomic E-state index is 0.149. The van der Waals surface area contributed by atoms with E-state index in [1.165, 1.54) is 31.2 Å². The quantitative estimate of drug-likeness (QED) is 0.490. The van der Waals surface area contributed by atoms with Gasteiger partial charge in [-0.2, -0.15) is 9.78 Å². The fourth-order valence-corrected chi connectivity index (χ4v) is 3.09. The van der Waals surface area contributed by atoms with Crippen LogP contribution >= 0.6 is 0 Å². The lowest BCUT2D eigenvalue weighted by atomic mass is 10.1. The van der Waals surface area contributed by atoms with E-state index in [0.717, 1.165) is 0 Å². The van der Waals surface area contributed by atoms with Gasteiger partial charge >= 0.3 is 0 Å². The number of hydrogen-bond acceptors (Lipinski definition) is 7. The first-order chi connectivity index (χ1) is 15.0. The minimum Gasteiger partial charge on any atom is -0.493 e. The number of methoxy groups -OCH3 is 2. The lowest BCUT2D eigenvalue weighted by Gasteiger charge is -2.13.